The van der Waals surface area contributed by atoms with Gasteiger partial charge >= 0.3 is 12.1 Å². The molecule has 3 aromatic rings. The van der Waals surface area contributed by atoms with Gasteiger partial charge in [0.25, 0.3) is 0 Å². The molecule has 0 amide bonds. The SMILES string of the molecule is COc1c(C)cc2c(c1O)[C@@H]1[C@@H]3[C@@H]4SC[C@]5(NCCc6cc(O)c(CO)cc65)C(=O)OCC[C@@H](c5c6c(c(C)c(C)c54)OCO6)N3[C@@H](O)[C@H](C2)N1C.O=C=O. The van der Waals surface area contributed by atoms with Crippen LogP contribution in [0.1, 0.15) is 79.4 Å². The van der Waals surface area contributed by atoms with Crippen molar-refractivity contribution in [2.24, 2.45) is 0 Å². The molecule has 7 aliphatic rings. The second-order valence-corrected chi connectivity index (χ2v) is 16.3. The first-order valence-electron chi connectivity index (χ1n) is 18.4. The minimum atomic E-state index is -1.28. The molecule has 55 heavy (non-hydrogen) atoms. The third kappa shape index (κ3) is 5.39. The summed E-state index contributed by atoms with van der Waals surface area (Å²) in [5.74, 6) is 1.77. The molecule has 7 aliphatic heterocycles. The van der Waals surface area contributed by atoms with Gasteiger partial charge in [-0.1, -0.05) is 6.07 Å². The molecule has 0 saturated carbocycles. The van der Waals surface area contributed by atoms with Gasteiger partial charge in [0.2, 0.25) is 6.79 Å². The average molecular weight is 776 g/mol. The van der Waals surface area contributed by atoms with Gasteiger partial charge in [0.15, 0.2) is 28.5 Å². The first kappa shape index (κ1) is 37.6. The predicted molar refractivity (Wildman–Crippen MR) is 197 cm³/mol. The highest BCUT2D eigenvalue weighted by Gasteiger charge is 2.60. The Morgan fingerprint density at radius 2 is 1.78 bits per heavy atom. The van der Waals surface area contributed by atoms with Crippen LogP contribution in [0.5, 0.6) is 28.7 Å². The zero-order chi connectivity index (χ0) is 39.1. The van der Waals surface area contributed by atoms with Crippen LogP contribution >= 0.6 is 11.8 Å². The number of aliphatic hydroxyl groups excluding tert-OH is 2. The molecule has 0 aromatic heterocycles. The van der Waals surface area contributed by atoms with Crippen molar-refractivity contribution in [2.75, 3.05) is 39.9 Å². The van der Waals surface area contributed by atoms with Gasteiger partial charge in [0, 0.05) is 52.7 Å². The molecule has 2 saturated heterocycles. The van der Waals surface area contributed by atoms with Crippen molar-refractivity contribution in [3.8, 4) is 28.7 Å². The molecular formula is C40H45N3O11S. The molecule has 0 aliphatic carbocycles. The van der Waals surface area contributed by atoms with E-state index in [1.54, 1.807) is 31.0 Å². The zero-order valence-corrected chi connectivity index (χ0v) is 32.1. The number of ether oxygens (including phenoxy) is 4. The van der Waals surface area contributed by atoms with E-state index in [9.17, 15) is 25.2 Å². The van der Waals surface area contributed by atoms with Gasteiger partial charge < -0.3 is 39.4 Å². The highest BCUT2D eigenvalue weighted by Crippen LogP contribution is 2.63. The van der Waals surface area contributed by atoms with Crippen LogP contribution in [-0.4, -0.2) is 101 Å². The molecule has 3 aromatic carbocycles. The summed E-state index contributed by atoms with van der Waals surface area (Å²) >= 11 is 1.62. The number of benzene rings is 3. The van der Waals surface area contributed by atoms with Gasteiger partial charge in [-0.05, 0) is 91.7 Å². The molecule has 7 atom stereocenters. The van der Waals surface area contributed by atoms with Crippen molar-refractivity contribution in [1.29, 1.82) is 0 Å². The van der Waals surface area contributed by atoms with E-state index in [0.717, 1.165) is 44.5 Å². The molecule has 4 bridgehead atoms. The number of methoxy groups -OCH3 is 1. The molecule has 0 radical (unpaired) electrons. The van der Waals surface area contributed by atoms with E-state index in [0.29, 0.717) is 54.2 Å². The van der Waals surface area contributed by atoms with E-state index >= 15 is 0 Å². The number of piperazine rings is 1. The average Bonchev–Trinajstić information content (AvgIpc) is 3.64. The predicted octanol–water partition coefficient (Wildman–Crippen LogP) is 3.09. The fraction of sp³-hybridized carbons (Fsp3) is 0.500. The van der Waals surface area contributed by atoms with E-state index < -0.39 is 23.8 Å². The summed E-state index contributed by atoms with van der Waals surface area (Å²) < 4.78 is 24.3. The largest absolute Gasteiger partial charge is 0.508 e. The normalized spacial score (nSPS) is 29.0. The molecule has 7 heterocycles. The number of aryl methyl sites for hydroxylation is 1. The van der Waals surface area contributed by atoms with Crippen LogP contribution in [0.4, 0.5) is 0 Å². The van der Waals surface area contributed by atoms with Gasteiger partial charge in [-0.2, -0.15) is 9.59 Å². The Balaban J connectivity index is 0.00000138. The van der Waals surface area contributed by atoms with Gasteiger partial charge in [0.05, 0.1) is 32.4 Å². The number of aliphatic hydroxyl groups is 2. The Bertz CT molecular complexity index is 2120. The van der Waals surface area contributed by atoms with Crippen LogP contribution in [-0.2, 0) is 44.1 Å². The lowest BCUT2D eigenvalue weighted by atomic mass is 9.72. The third-order valence-electron chi connectivity index (χ3n) is 12.7. The number of thioether (sulfide) groups is 1. The van der Waals surface area contributed by atoms with Crippen LogP contribution in [0.25, 0.3) is 0 Å². The van der Waals surface area contributed by atoms with Crippen LogP contribution in [0.15, 0.2) is 18.2 Å². The number of carbonyl (C=O) groups excluding carboxylic acids is 3. The summed E-state index contributed by atoms with van der Waals surface area (Å²) in [6.07, 6.45) is 0.866. The maximum absolute atomic E-state index is 14.5. The summed E-state index contributed by atoms with van der Waals surface area (Å²) in [5, 5.41) is 48.6. The molecule has 15 heteroatoms. The number of phenolic OH excluding ortho intramolecular Hbond substituents is 1. The standard InChI is InChI=1S/C39H45N3O9S.CO2/c1-17-10-21-12-25-37(46)42-24-7-9-49-38(47)39(23-11-22(14-43)26(44)13-20(23)6-8-40-39)15-52-36(27-18(2)19(3)34-35(29(24)27)51-16-50-34)31(42)30(41(25)4)28(21)32(45)33(17)48-5;2-1-3/h10-11,13,24-25,30-31,36-37,40,43-46H,6-9,12,14-16H2,1-5H3;/t24-,25-,30+,31+,36+,37-,39+;/m0./s1. The van der Waals surface area contributed by atoms with Crippen LogP contribution in [0.2, 0.25) is 0 Å². The molecule has 5 N–H and O–H groups in total. The number of phenols is 2. The number of rotatable bonds is 2. The number of likely N-dealkylation sites (N-methyl/N-ethyl adjacent to an activating group) is 1. The number of esters is 1. The molecule has 0 unspecified atom stereocenters. The number of nitrogens with zero attached hydrogens (tertiary/aromatic N) is 2. The lowest BCUT2D eigenvalue weighted by Crippen LogP contribution is -2.69. The second-order valence-electron chi connectivity index (χ2n) is 15.2. The first-order chi connectivity index (χ1) is 26.4. The number of aromatic hydroxyl groups is 2. The Morgan fingerprint density at radius 1 is 1.04 bits per heavy atom. The molecule has 292 valence electrons. The second kappa shape index (κ2) is 14.0. The fourth-order valence-electron chi connectivity index (χ4n) is 10.2. The third-order valence-corrected chi connectivity index (χ3v) is 14.2. The maximum atomic E-state index is 14.5. The van der Waals surface area contributed by atoms with Gasteiger partial charge in [-0.25, -0.2) is 4.79 Å². The van der Waals surface area contributed by atoms with E-state index in [4.69, 9.17) is 28.5 Å². The lowest BCUT2D eigenvalue weighted by Gasteiger charge is -2.62. The zero-order valence-electron chi connectivity index (χ0n) is 31.3. The van der Waals surface area contributed by atoms with Crippen LogP contribution in [0.3, 0.4) is 0 Å². The Labute approximate surface area is 322 Å². The van der Waals surface area contributed by atoms with E-state index in [1.165, 1.54) is 0 Å². The van der Waals surface area contributed by atoms with E-state index in [-0.39, 0.29) is 66.8 Å². The lowest BCUT2D eigenvalue weighted by molar-refractivity contribution is -0.191. The fourth-order valence-corrected chi connectivity index (χ4v) is 12.0. The van der Waals surface area contributed by atoms with Crippen molar-refractivity contribution in [3.05, 3.63) is 73.8 Å². The first-order valence-corrected chi connectivity index (χ1v) is 19.5. The van der Waals surface area contributed by atoms with Gasteiger partial charge in [-0.3, -0.25) is 15.1 Å². The van der Waals surface area contributed by atoms with Crippen LogP contribution < -0.4 is 19.5 Å². The summed E-state index contributed by atoms with van der Waals surface area (Å²) in [4.78, 5) is 35.2. The highest BCUT2D eigenvalue weighted by molar-refractivity contribution is 7.99. The Morgan fingerprint density at radius 3 is 2.51 bits per heavy atom. The van der Waals surface area contributed by atoms with Crippen molar-refractivity contribution >= 4 is 23.9 Å². The molecule has 1 spiro atoms. The van der Waals surface area contributed by atoms with Crippen LogP contribution in [0, 0.1) is 20.8 Å². The summed E-state index contributed by atoms with van der Waals surface area (Å²) in [5.41, 5.74) is 7.28. The van der Waals surface area contributed by atoms with Gasteiger partial charge in [0.1, 0.15) is 12.0 Å². The quantitative estimate of drug-likeness (QED) is 0.239. The van der Waals surface area contributed by atoms with Crippen molar-refractivity contribution in [1.82, 2.24) is 15.1 Å². The Hall–Kier alpha value is -4.34. The van der Waals surface area contributed by atoms with E-state index in [2.05, 4.69) is 28.1 Å². The van der Waals surface area contributed by atoms with E-state index in [1.807, 2.05) is 20.9 Å². The summed E-state index contributed by atoms with van der Waals surface area (Å²) in [7, 11) is 3.60. The van der Waals surface area contributed by atoms with Crippen molar-refractivity contribution in [2.45, 2.75) is 87.8 Å². The smallest absolute Gasteiger partial charge is 0.373 e. The number of fused-ring (bicyclic) bond motifs is 10. The minimum absolute atomic E-state index is 0.00316. The topological polar surface area (TPSA) is 188 Å². The Kier molecular flexibility index (Phi) is 9.56. The maximum Gasteiger partial charge on any atom is 0.373 e. The highest BCUT2D eigenvalue weighted by atomic mass is 32.2. The molecule has 10 rings (SSSR count). The van der Waals surface area contributed by atoms with Gasteiger partial charge in [-0.15, -0.1) is 11.8 Å². The number of nitrogens with one attached hydrogen (secondary N) is 1. The number of hydrogen-bond acceptors (Lipinski definition) is 15. The number of hydrogen-bond donors (Lipinski definition) is 5. The summed E-state index contributed by atoms with van der Waals surface area (Å²) in [6.45, 7) is 6.37. The molecule has 2 fully saturated rings. The van der Waals surface area contributed by atoms with Crippen molar-refractivity contribution in [3.63, 3.8) is 0 Å². The van der Waals surface area contributed by atoms with Crippen molar-refractivity contribution < 1.29 is 53.8 Å². The monoisotopic (exact) mass is 775 g/mol. The minimum Gasteiger partial charge on any atom is -0.508 e. The molecular weight excluding hydrogens is 731 g/mol. The summed E-state index contributed by atoms with van der Waals surface area (Å²) in [6, 6.07) is 4.09. The number of carbonyl (C=O) groups is 1. The molecule has 14 nitrogen and oxygen atoms in total.